The van der Waals surface area contributed by atoms with Gasteiger partial charge in [-0.25, -0.2) is 4.39 Å². The molecule has 0 unspecified atom stereocenters. The number of allylic oxidation sites excluding steroid dienone is 2. The maximum atomic E-state index is 13.7. The van der Waals surface area contributed by atoms with Crippen LogP contribution in [0.3, 0.4) is 0 Å². The Kier molecular flexibility index (Phi) is 9.46. The van der Waals surface area contributed by atoms with E-state index in [0.717, 1.165) is 12.0 Å². The Labute approximate surface area is 240 Å². The number of piperidine rings is 1. The first-order chi connectivity index (χ1) is 19.9. The minimum absolute atomic E-state index is 0.0739. The van der Waals surface area contributed by atoms with Gasteiger partial charge >= 0.3 is 0 Å². The van der Waals surface area contributed by atoms with Gasteiger partial charge in [-0.1, -0.05) is 42.5 Å². The number of likely N-dealkylation sites (tertiary alicyclic amines) is 1. The molecule has 3 heterocycles. The van der Waals surface area contributed by atoms with Crippen molar-refractivity contribution in [1.82, 2.24) is 15.5 Å². The molecule has 0 radical (unpaired) electrons. The van der Waals surface area contributed by atoms with Gasteiger partial charge < -0.3 is 20.7 Å². The van der Waals surface area contributed by atoms with Gasteiger partial charge in [0.1, 0.15) is 11.9 Å². The second-order valence-electron chi connectivity index (χ2n) is 11.5. The fraction of sp³-hybridized carbons (Fsp3) is 0.469. The Morgan fingerprint density at radius 2 is 1.78 bits per heavy atom. The molecule has 3 aliphatic heterocycles. The van der Waals surface area contributed by atoms with Gasteiger partial charge in [0.15, 0.2) is 0 Å². The number of hydrogen-bond donors (Lipinski definition) is 3. The fourth-order valence-electron chi connectivity index (χ4n) is 6.14. The molecule has 3 amide bonds. The lowest BCUT2D eigenvalue weighted by molar-refractivity contribution is -0.140. The van der Waals surface area contributed by atoms with Crippen molar-refractivity contribution in [2.45, 2.75) is 50.6 Å². The van der Waals surface area contributed by atoms with Crippen LogP contribution in [-0.4, -0.2) is 67.6 Å². The molecule has 2 fully saturated rings. The first-order valence-electron chi connectivity index (χ1n) is 14.6. The monoisotopic (exact) mass is 562 g/mol. The van der Waals surface area contributed by atoms with Gasteiger partial charge in [0.05, 0.1) is 12.0 Å². The second kappa shape index (κ2) is 13.4. The van der Waals surface area contributed by atoms with E-state index in [9.17, 15) is 18.8 Å². The van der Waals surface area contributed by atoms with E-state index < -0.39 is 11.5 Å². The predicted molar refractivity (Wildman–Crippen MR) is 154 cm³/mol. The fourth-order valence-corrected chi connectivity index (χ4v) is 6.14. The maximum absolute atomic E-state index is 13.7. The van der Waals surface area contributed by atoms with Crippen molar-refractivity contribution in [3.63, 3.8) is 0 Å². The molecule has 3 aliphatic rings. The van der Waals surface area contributed by atoms with Crippen LogP contribution in [0, 0.1) is 17.2 Å². The van der Waals surface area contributed by atoms with E-state index in [-0.39, 0.29) is 42.0 Å². The van der Waals surface area contributed by atoms with Crippen LogP contribution in [-0.2, 0) is 25.5 Å². The summed E-state index contributed by atoms with van der Waals surface area (Å²) in [7, 11) is 0. The van der Waals surface area contributed by atoms with E-state index in [1.165, 1.54) is 12.1 Å². The average Bonchev–Trinajstić information content (AvgIpc) is 2.98. The van der Waals surface area contributed by atoms with Crippen molar-refractivity contribution in [3.8, 4) is 0 Å². The summed E-state index contributed by atoms with van der Waals surface area (Å²) in [6.45, 7) is 2.57. The number of fused-ring (bicyclic) bond motifs is 1. The quantitative estimate of drug-likeness (QED) is 0.485. The Hall–Kier alpha value is -3.56. The number of nitrogens with zero attached hydrogens (tertiary/aromatic N) is 1. The summed E-state index contributed by atoms with van der Waals surface area (Å²) < 4.78 is 18.8. The number of amides is 3. The van der Waals surface area contributed by atoms with Crippen LogP contribution in [0.2, 0.25) is 0 Å². The lowest BCUT2D eigenvalue weighted by Crippen LogP contribution is -2.58. The maximum Gasteiger partial charge on any atom is 0.243 e. The van der Waals surface area contributed by atoms with E-state index in [2.05, 4.69) is 33.0 Å². The van der Waals surface area contributed by atoms with Gasteiger partial charge in [-0.3, -0.25) is 19.3 Å². The van der Waals surface area contributed by atoms with Gasteiger partial charge in [-0.05, 0) is 67.9 Å². The van der Waals surface area contributed by atoms with Crippen molar-refractivity contribution in [2.24, 2.45) is 11.3 Å². The summed E-state index contributed by atoms with van der Waals surface area (Å²) >= 11 is 0. The summed E-state index contributed by atoms with van der Waals surface area (Å²) in [4.78, 5) is 42.2. The van der Waals surface area contributed by atoms with Gasteiger partial charge in [-0.15, -0.1) is 0 Å². The molecule has 8 nitrogen and oxygen atoms in total. The van der Waals surface area contributed by atoms with Crippen molar-refractivity contribution in [3.05, 3.63) is 78.1 Å². The van der Waals surface area contributed by atoms with Crippen molar-refractivity contribution in [2.75, 3.05) is 38.2 Å². The molecule has 2 aromatic rings. The van der Waals surface area contributed by atoms with Crippen LogP contribution in [0.25, 0.3) is 0 Å². The number of rotatable bonds is 5. The first-order valence-corrected chi connectivity index (χ1v) is 14.6. The average molecular weight is 563 g/mol. The topological polar surface area (TPSA) is 99.8 Å². The van der Waals surface area contributed by atoms with Crippen molar-refractivity contribution >= 4 is 23.4 Å². The van der Waals surface area contributed by atoms with E-state index in [1.54, 1.807) is 12.1 Å². The molecular formula is C32H39FN4O4. The third-order valence-corrected chi connectivity index (χ3v) is 8.59. The predicted octanol–water partition coefficient (Wildman–Crippen LogP) is 3.45. The molecule has 9 heteroatoms. The Morgan fingerprint density at radius 1 is 1.02 bits per heavy atom. The number of carbonyl (C=O) groups excluding carboxylic acids is 3. The molecule has 218 valence electrons. The van der Waals surface area contributed by atoms with E-state index >= 15 is 0 Å². The second-order valence-corrected chi connectivity index (χ2v) is 11.5. The molecule has 5 rings (SSSR count). The molecule has 0 bridgehead atoms. The highest BCUT2D eigenvalue weighted by Gasteiger charge is 2.41. The summed E-state index contributed by atoms with van der Waals surface area (Å²) in [5.41, 5.74) is 0.945. The minimum atomic E-state index is -0.687. The number of halogens is 1. The zero-order valence-electron chi connectivity index (χ0n) is 23.3. The highest BCUT2D eigenvalue weighted by atomic mass is 19.1. The smallest absolute Gasteiger partial charge is 0.243 e. The molecule has 3 N–H and O–H groups in total. The van der Waals surface area contributed by atoms with Gasteiger partial charge in [0.25, 0.3) is 0 Å². The third-order valence-electron chi connectivity index (χ3n) is 8.59. The Balaban J connectivity index is 1.31. The number of nitrogens with one attached hydrogen (secondary N) is 3. The van der Waals surface area contributed by atoms with Crippen LogP contribution < -0.4 is 16.0 Å². The SMILES string of the molecule is O=C(CN1CC[C@@H]2NC(=O)[C@H](Cc3ccccc3)NC(=O)C3(C/C=C/C[C@H]2C1)CCOCC3)Nc1ccc(F)cc1. The van der Waals surface area contributed by atoms with E-state index in [4.69, 9.17) is 4.74 Å². The molecule has 0 saturated carbocycles. The molecule has 1 spiro atoms. The number of anilines is 1. The first kappa shape index (κ1) is 29.0. The highest BCUT2D eigenvalue weighted by molar-refractivity contribution is 5.92. The Morgan fingerprint density at radius 3 is 2.54 bits per heavy atom. The van der Waals surface area contributed by atoms with Crippen molar-refractivity contribution < 1.29 is 23.5 Å². The molecule has 0 aliphatic carbocycles. The number of benzene rings is 2. The minimum Gasteiger partial charge on any atom is -0.381 e. The Bertz CT molecular complexity index is 1230. The molecule has 2 aromatic carbocycles. The normalized spacial score (nSPS) is 26.0. The summed E-state index contributed by atoms with van der Waals surface area (Å²) in [6.07, 6.45) is 7.91. The molecule has 41 heavy (non-hydrogen) atoms. The summed E-state index contributed by atoms with van der Waals surface area (Å²) in [5.74, 6) is -0.654. The molecule has 0 aromatic heterocycles. The summed E-state index contributed by atoms with van der Waals surface area (Å²) in [5, 5.41) is 9.22. The van der Waals surface area contributed by atoms with E-state index in [1.807, 2.05) is 30.3 Å². The number of ether oxygens (including phenoxy) is 1. The highest BCUT2D eigenvalue weighted by Crippen LogP contribution is 2.36. The number of hydrogen-bond acceptors (Lipinski definition) is 5. The third kappa shape index (κ3) is 7.59. The van der Waals surface area contributed by atoms with Crippen LogP contribution in [0.15, 0.2) is 66.7 Å². The molecular weight excluding hydrogens is 523 g/mol. The largest absolute Gasteiger partial charge is 0.381 e. The van der Waals surface area contributed by atoms with Crippen LogP contribution >= 0.6 is 0 Å². The number of carbonyl (C=O) groups is 3. The molecule has 2 saturated heterocycles. The van der Waals surface area contributed by atoms with Gasteiger partial charge in [-0.2, -0.15) is 0 Å². The summed E-state index contributed by atoms with van der Waals surface area (Å²) in [6, 6.07) is 14.7. The molecule has 3 atom stereocenters. The van der Waals surface area contributed by atoms with Crippen LogP contribution in [0.1, 0.15) is 37.7 Å². The lowest BCUT2D eigenvalue weighted by Gasteiger charge is -2.40. The standard InChI is InChI=1S/C32H39FN4O4/c33-25-9-11-26(12-10-25)34-29(38)22-37-17-13-27-24(21-37)8-4-5-14-32(15-18-41-19-16-32)31(40)36-28(30(39)35-27)20-23-6-2-1-3-7-23/h1-7,9-12,24,27-28H,8,13-22H2,(H,34,38)(H,35,39)(H,36,40)/b5-4+/t24-,27-,28-/m0/s1. The van der Waals surface area contributed by atoms with Crippen LogP contribution in [0.4, 0.5) is 10.1 Å². The van der Waals surface area contributed by atoms with Gasteiger partial charge in [0.2, 0.25) is 17.7 Å². The zero-order chi connectivity index (χ0) is 28.7. The van der Waals surface area contributed by atoms with Crippen molar-refractivity contribution in [1.29, 1.82) is 0 Å². The van der Waals surface area contributed by atoms with Gasteiger partial charge in [0, 0.05) is 44.5 Å². The lowest BCUT2D eigenvalue weighted by atomic mass is 9.75. The van der Waals surface area contributed by atoms with E-state index in [0.29, 0.717) is 64.1 Å². The van der Waals surface area contributed by atoms with Crippen LogP contribution in [0.5, 0.6) is 0 Å². The zero-order valence-corrected chi connectivity index (χ0v) is 23.3.